The maximum absolute atomic E-state index is 9.87. The Morgan fingerprint density at radius 3 is 2.78 bits per heavy atom. The number of hydrogen-bond acceptors (Lipinski definition) is 3. The second kappa shape index (κ2) is 8.11. The molecule has 0 aliphatic rings. The van der Waals surface area contributed by atoms with E-state index in [1.54, 1.807) is 6.07 Å². The quantitative estimate of drug-likeness (QED) is 0.697. The maximum Gasteiger partial charge on any atom is 0.120 e. The third kappa shape index (κ3) is 5.07. The van der Waals surface area contributed by atoms with Crippen molar-refractivity contribution < 1.29 is 9.84 Å². The molecule has 18 heavy (non-hydrogen) atoms. The highest BCUT2D eigenvalue weighted by molar-refractivity contribution is 5.37. The lowest BCUT2D eigenvalue weighted by Gasteiger charge is -2.16. The van der Waals surface area contributed by atoms with E-state index in [4.69, 9.17) is 4.74 Å². The third-order valence-corrected chi connectivity index (χ3v) is 2.92. The molecule has 2 N–H and O–H groups in total. The van der Waals surface area contributed by atoms with Crippen LogP contribution in [-0.4, -0.2) is 24.9 Å². The third-order valence-electron chi connectivity index (χ3n) is 2.92. The van der Waals surface area contributed by atoms with Crippen LogP contribution in [0.25, 0.3) is 0 Å². The van der Waals surface area contributed by atoms with Crippen LogP contribution in [0.4, 0.5) is 0 Å². The summed E-state index contributed by atoms with van der Waals surface area (Å²) in [5.74, 6) is 0.372. The first-order valence-corrected chi connectivity index (χ1v) is 6.75. The Hall–Kier alpha value is -1.06. The number of hydrogen-bond donors (Lipinski definition) is 2. The minimum Gasteiger partial charge on any atom is -0.508 e. The number of phenolic OH excluding ortho intramolecular Hbond substituents is 1. The molecule has 0 aliphatic heterocycles. The second-order valence-corrected chi connectivity index (χ2v) is 4.70. The summed E-state index contributed by atoms with van der Waals surface area (Å²) in [6.45, 7) is 8.70. The molecular weight excluding hydrogens is 226 g/mol. The Kier molecular flexibility index (Phi) is 6.76. The number of benzene rings is 1. The summed E-state index contributed by atoms with van der Waals surface area (Å²) in [5, 5.41) is 13.3. The fraction of sp³-hybridized carbons (Fsp3) is 0.600. The van der Waals surface area contributed by atoms with Crippen molar-refractivity contribution in [2.24, 2.45) is 0 Å². The Morgan fingerprint density at radius 1 is 1.33 bits per heavy atom. The van der Waals surface area contributed by atoms with Gasteiger partial charge < -0.3 is 15.2 Å². The molecule has 0 fully saturated rings. The molecule has 1 atom stereocenters. The monoisotopic (exact) mass is 251 g/mol. The van der Waals surface area contributed by atoms with Crippen LogP contribution in [0.1, 0.15) is 43.9 Å². The lowest BCUT2D eigenvalue weighted by atomic mass is 10.1. The van der Waals surface area contributed by atoms with E-state index in [0.29, 0.717) is 5.75 Å². The molecular formula is C15H25NO2. The molecule has 1 rings (SSSR count). The van der Waals surface area contributed by atoms with E-state index in [9.17, 15) is 5.11 Å². The summed E-state index contributed by atoms with van der Waals surface area (Å²) in [5.41, 5.74) is 2.03. The van der Waals surface area contributed by atoms with Gasteiger partial charge in [0.25, 0.3) is 0 Å². The summed E-state index contributed by atoms with van der Waals surface area (Å²) in [4.78, 5) is 0. The van der Waals surface area contributed by atoms with Crippen molar-refractivity contribution in [3.63, 3.8) is 0 Å². The highest BCUT2D eigenvalue weighted by Crippen LogP contribution is 2.24. The van der Waals surface area contributed by atoms with Gasteiger partial charge in [0.1, 0.15) is 5.75 Å². The van der Waals surface area contributed by atoms with E-state index in [1.807, 2.05) is 19.1 Å². The van der Waals surface area contributed by atoms with Gasteiger partial charge in [0.05, 0.1) is 0 Å². The molecule has 1 aromatic carbocycles. The summed E-state index contributed by atoms with van der Waals surface area (Å²) in [6, 6.07) is 5.97. The van der Waals surface area contributed by atoms with E-state index in [1.165, 1.54) is 0 Å². The Labute approximate surface area is 110 Å². The van der Waals surface area contributed by atoms with E-state index in [0.717, 1.165) is 43.7 Å². The van der Waals surface area contributed by atoms with Gasteiger partial charge in [0, 0.05) is 24.8 Å². The van der Waals surface area contributed by atoms with Gasteiger partial charge in [-0.15, -0.1) is 0 Å². The second-order valence-electron chi connectivity index (χ2n) is 4.70. The number of phenols is 1. The van der Waals surface area contributed by atoms with E-state index in [2.05, 4.69) is 19.2 Å². The van der Waals surface area contributed by atoms with Crippen molar-refractivity contribution in [3.05, 3.63) is 29.3 Å². The minimum absolute atomic E-state index is 0.164. The molecule has 0 amide bonds. The predicted octanol–water partition coefficient (Wildman–Crippen LogP) is 3.17. The van der Waals surface area contributed by atoms with Crippen molar-refractivity contribution >= 4 is 0 Å². The van der Waals surface area contributed by atoms with E-state index in [-0.39, 0.29) is 6.04 Å². The van der Waals surface area contributed by atoms with Gasteiger partial charge >= 0.3 is 0 Å². The summed E-state index contributed by atoms with van der Waals surface area (Å²) in [7, 11) is 0. The van der Waals surface area contributed by atoms with Crippen LogP contribution in [0.3, 0.4) is 0 Å². The number of rotatable bonds is 8. The van der Waals surface area contributed by atoms with Crippen LogP contribution in [0.15, 0.2) is 18.2 Å². The fourth-order valence-corrected chi connectivity index (χ4v) is 1.87. The van der Waals surface area contributed by atoms with Gasteiger partial charge in [-0.25, -0.2) is 0 Å². The molecule has 0 aromatic heterocycles. The van der Waals surface area contributed by atoms with Crippen molar-refractivity contribution in [1.29, 1.82) is 0 Å². The van der Waals surface area contributed by atoms with Crippen molar-refractivity contribution in [2.75, 3.05) is 19.8 Å². The number of ether oxygens (including phenoxy) is 1. The van der Waals surface area contributed by atoms with Crippen LogP contribution in [0, 0.1) is 6.92 Å². The van der Waals surface area contributed by atoms with Gasteiger partial charge in [-0.05, 0) is 44.9 Å². The Bertz CT molecular complexity index is 352. The molecule has 3 nitrogen and oxygen atoms in total. The highest BCUT2D eigenvalue weighted by atomic mass is 16.5. The molecule has 0 aliphatic carbocycles. The standard InChI is InChI=1S/C15H25NO2/c1-4-9-18-10-5-8-16-13(3)14-7-6-12(2)11-15(14)17/h6-7,11,13,16-17H,4-5,8-10H2,1-3H3. The predicted molar refractivity (Wildman–Crippen MR) is 75.0 cm³/mol. The maximum atomic E-state index is 9.87. The zero-order valence-electron chi connectivity index (χ0n) is 11.7. The summed E-state index contributed by atoms with van der Waals surface area (Å²) in [6.07, 6.45) is 2.07. The average Bonchev–Trinajstić information content (AvgIpc) is 2.33. The van der Waals surface area contributed by atoms with E-state index >= 15 is 0 Å². The lowest BCUT2D eigenvalue weighted by molar-refractivity contribution is 0.132. The topological polar surface area (TPSA) is 41.5 Å². The SMILES string of the molecule is CCCOCCCNC(C)c1ccc(C)cc1O. The van der Waals surface area contributed by atoms with Crippen LogP contribution in [0.2, 0.25) is 0 Å². The first kappa shape index (κ1) is 15.0. The largest absolute Gasteiger partial charge is 0.508 e. The highest BCUT2D eigenvalue weighted by Gasteiger charge is 2.09. The fourth-order valence-electron chi connectivity index (χ4n) is 1.87. The first-order valence-electron chi connectivity index (χ1n) is 6.75. The molecule has 0 radical (unpaired) electrons. The zero-order chi connectivity index (χ0) is 13.4. The molecule has 0 saturated carbocycles. The molecule has 0 saturated heterocycles. The first-order chi connectivity index (χ1) is 8.65. The van der Waals surface area contributed by atoms with Gasteiger partial charge in [-0.2, -0.15) is 0 Å². The molecule has 102 valence electrons. The minimum atomic E-state index is 0.164. The van der Waals surface area contributed by atoms with Crippen LogP contribution in [-0.2, 0) is 4.74 Å². The van der Waals surface area contributed by atoms with Gasteiger partial charge in [-0.3, -0.25) is 0 Å². The van der Waals surface area contributed by atoms with Crippen LogP contribution in [0.5, 0.6) is 5.75 Å². The Balaban J connectivity index is 2.29. The van der Waals surface area contributed by atoms with Crippen LogP contribution >= 0.6 is 0 Å². The molecule has 0 spiro atoms. The summed E-state index contributed by atoms with van der Waals surface area (Å²) < 4.78 is 5.42. The van der Waals surface area contributed by atoms with Crippen LogP contribution < -0.4 is 5.32 Å². The van der Waals surface area contributed by atoms with E-state index < -0.39 is 0 Å². The summed E-state index contributed by atoms with van der Waals surface area (Å²) >= 11 is 0. The van der Waals surface area contributed by atoms with Gasteiger partial charge in [0.2, 0.25) is 0 Å². The number of aryl methyl sites for hydroxylation is 1. The smallest absolute Gasteiger partial charge is 0.120 e. The Morgan fingerprint density at radius 2 is 2.11 bits per heavy atom. The van der Waals surface area contributed by atoms with Gasteiger partial charge in [0.15, 0.2) is 0 Å². The molecule has 0 heterocycles. The van der Waals surface area contributed by atoms with Crippen molar-refractivity contribution in [2.45, 2.75) is 39.7 Å². The van der Waals surface area contributed by atoms with Gasteiger partial charge in [-0.1, -0.05) is 19.1 Å². The number of nitrogens with one attached hydrogen (secondary N) is 1. The zero-order valence-corrected chi connectivity index (χ0v) is 11.7. The molecule has 3 heteroatoms. The van der Waals surface area contributed by atoms with Crippen molar-refractivity contribution in [1.82, 2.24) is 5.32 Å². The molecule has 1 unspecified atom stereocenters. The molecule has 1 aromatic rings. The van der Waals surface area contributed by atoms with Crippen molar-refractivity contribution in [3.8, 4) is 5.75 Å². The average molecular weight is 251 g/mol. The number of aromatic hydroxyl groups is 1. The lowest BCUT2D eigenvalue weighted by Crippen LogP contribution is -2.21. The molecule has 0 bridgehead atoms. The normalized spacial score (nSPS) is 12.6.